The van der Waals surface area contributed by atoms with Crippen LogP contribution in [0.5, 0.6) is 5.75 Å². The summed E-state index contributed by atoms with van der Waals surface area (Å²) in [7, 11) is 0. The van der Waals surface area contributed by atoms with E-state index in [1.54, 1.807) is 6.20 Å². The molecule has 0 radical (unpaired) electrons. The minimum Gasteiger partial charge on any atom is -0.493 e. The molecule has 5 rings (SSSR count). The Morgan fingerprint density at radius 3 is 2.89 bits per heavy atom. The predicted octanol–water partition coefficient (Wildman–Crippen LogP) is 4.43. The number of carbonyl (C=O) groups is 1. The average molecular weight is 470 g/mol. The molecule has 3 heterocycles. The highest BCUT2D eigenvalue weighted by Gasteiger charge is 2.17. The van der Waals surface area contributed by atoms with E-state index in [9.17, 15) is 4.79 Å². The Bertz CT molecular complexity index is 1300. The lowest BCUT2D eigenvalue weighted by molar-refractivity contribution is 0.101. The van der Waals surface area contributed by atoms with E-state index in [1.165, 1.54) is 0 Å². The van der Waals surface area contributed by atoms with Crippen molar-refractivity contribution in [3.05, 3.63) is 89.6 Å². The molecule has 1 unspecified atom stereocenters. The van der Waals surface area contributed by atoms with Crippen LogP contribution in [0.3, 0.4) is 0 Å². The van der Waals surface area contributed by atoms with Crippen LogP contribution >= 0.6 is 0 Å². The van der Waals surface area contributed by atoms with Crippen molar-refractivity contribution in [2.24, 2.45) is 5.92 Å². The van der Waals surface area contributed by atoms with Gasteiger partial charge in [-0.2, -0.15) is 0 Å². The summed E-state index contributed by atoms with van der Waals surface area (Å²) < 4.78 is 11.4. The van der Waals surface area contributed by atoms with Crippen LogP contribution in [-0.4, -0.2) is 45.9 Å². The Kier molecular flexibility index (Phi) is 6.81. The van der Waals surface area contributed by atoms with Crippen molar-refractivity contribution in [1.29, 1.82) is 0 Å². The predicted molar refractivity (Wildman–Crippen MR) is 132 cm³/mol. The van der Waals surface area contributed by atoms with Gasteiger partial charge in [0.2, 0.25) is 5.82 Å². The molecule has 35 heavy (non-hydrogen) atoms. The van der Waals surface area contributed by atoms with E-state index >= 15 is 0 Å². The number of aromatic nitrogens is 4. The van der Waals surface area contributed by atoms with Gasteiger partial charge in [0.1, 0.15) is 17.4 Å². The number of nitrogens with one attached hydrogen (secondary N) is 2. The van der Waals surface area contributed by atoms with E-state index in [0.717, 1.165) is 47.6 Å². The smallest absolute Gasteiger partial charge is 0.296 e. The quantitative estimate of drug-likeness (QED) is 0.396. The second kappa shape index (κ2) is 10.5. The van der Waals surface area contributed by atoms with Crippen LogP contribution in [0.2, 0.25) is 0 Å². The van der Waals surface area contributed by atoms with Crippen LogP contribution < -0.4 is 10.1 Å². The highest BCUT2D eigenvalue weighted by molar-refractivity contribution is 6.01. The minimum atomic E-state index is -0.419. The van der Waals surface area contributed by atoms with Crippen molar-refractivity contribution >= 4 is 11.7 Å². The highest BCUT2D eigenvalue weighted by Crippen LogP contribution is 2.29. The van der Waals surface area contributed by atoms with Crippen molar-refractivity contribution in [2.45, 2.75) is 19.8 Å². The Balaban J connectivity index is 1.27. The standard InChI is InChI=1S/C27H27N5O3/c1-18-7-8-22(35-17-20-10-12-34-16-20)15-23(18)21-9-11-28-24(14-21)30-27(33)26-29-25(31-32-26)13-19-5-3-2-4-6-19/h2-9,11,14-15,20H,10,12-13,16-17H2,1H3,(H,28,30,33)(H,29,31,32). The van der Waals surface area contributed by atoms with Crippen LogP contribution in [0.4, 0.5) is 5.82 Å². The van der Waals surface area contributed by atoms with E-state index in [-0.39, 0.29) is 5.82 Å². The molecule has 8 nitrogen and oxygen atoms in total. The van der Waals surface area contributed by atoms with Crippen molar-refractivity contribution in [3.63, 3.8) is 0 Å². The largest absolute Gasteiger partial charge is 0.493 e. The molecule has 0 aliphatic carbocycles. The van der Waals surface area contributed by atoms with Gasteiger partial charge in [-0.3, -0.25) is 9.89 Å². The molecular formula is C27H27N5O3. The van der Waals surface area contributed by atoms with Crippen molar-refractivity contribution < 1.29 is 14.3 Å². The third-order valence-corrected chi connectivity index (χ3v) is 5.98. The Morgan fingerprint density at radius 2 is 2.06 bits per heavy atom. The monoisotopic (exact) mass is 469 g/mol. The summed E-state index contributed by atoms with van der Waals surface area (Å²) in [5.74, 6) is 1.96. The second-order valence-corrected chi connectivity index (χ2v) is 8.67. The summed E-state index contributed by atoms with van der Waals surface area (Å²) in [4.78, 5) is 21.4. The number of H-pyrrole nitrogens is 1. The molecule has 0 saturated carbocycles. The van der Waals surface area contributed by atoms with Gasteiger partial charge in [-0.25, -0.2) is 9.97 Å². The number of hydrogen-bond acceptors (Lipinski definition) is 6. The number of rotatable bonds is 8. The van der Waals surface area contributed by atoms with E-state index in [0.29, 0.717) is 30.6 Å². The molecule has 2 aromatic heterocycles. The minimum absolute atomic E-state index is 0.0746. The first-order valence-electron chi connectivity index (χ1n) is 11.7. The van der Waals surface area contributed by atoms with E-state index in [2.05, 4.69) is 25.5 Å². The van der Waals surface area contributed by atoms with Gasteiger partial charge in [0.25, 0.3) is 5.91 Å². The first-order chi connectivity index (χ1) is 17.1. The van der Waals surface area contributed by atoms with Crippen LogP contribution in [0, 0.1) is 12.8 Å². The lowest BCUT2D eigenvalue weighted by Gasteiger charge is -2.13. The maximum absolute atomic E-state index is 12.7. The summed E-state index contributed by atoms with van der Waals surface area (Å²) in [5.41, 5.74) is 4.14. The summed E-state index contributed by atoms with van der Waals surface area (Å²) in [5, 5.41) is 9.71. The van der Waals surface area contributed by atoms with Crippen molar-refractivity contribution in [3.8, 4) is 16.9 Å². The third-order valence-electron chi connectivity index (χ3n) is 5.98. The molecule has 1 aliphatic rings. The van der Waals surface area contributed by atoms with Gasteiger partial charge in [-0.1, -0.05) is 36.4 Å². The highest BCUT2D eigenvalue weighted by atomic mass is 16.5. The van der Waals surface area contributed by atoms with Gasteiger partial charge in [0.15, 0.2) is 0 Å². The van der Waals surface area contributed by atoms with Crippen LogP contribution in [0.25, 0.3) is 11.1 Å². The molecule has 0 bridgehead atoms. The molecule has 8 heteroatoms. The molecule has 1 saturated heterocycles. The first kappa shape index (κ1) is 22.7. The summed E-state index contributed by atoms with van der Waals surface area (Å²) in [6.07, 6.45) is 3.28. The van der Waals surface area contributed by atoms with Crippen LogP contribution in [-0.2, 0) is 11.2 Å². The number of anilines is 1. The average Bonchev–Trinajstić information content (AvgIpc) is 3.57. The summed E-state index contributed by atoms with van der Waals surface area (Å²) in [6, 6.07) is 19.7. The lowest BCUT2D eigenvalue weighted by atomic mass is 10.0. The zero-order chi connectivity index (χ0) is 24.0. The number of benzene rings is 2. The van der Waals surface area contributed by atoms with Gasteiger partial charge >= 0.3 is 0 Å². The van der Waals surface area contributed by atoms with Crippen LogP contribution in [0.15, 0.2) is 66.9 Å². The maximum Gasteiger partial charge on any atom is 0.296 e. The molecule has 1 amide bonds. The Morgan fingerprint density at radius 1 is 1.17 bits per heavy atom. The molecule has 2 N–H and O–H groups in total. The number of nitrogens with zero attached hydrogens (tertiary/aromatic N) is 3. The number of hydrogen-bond donors (Lipinski definition) is 2. The molecular weight excluding hydrogens is 442 g/mol. The van der Waals surface area contributed by atoms with Gasteiger partial charge in [0, 0.05) is 25.1 Å². The zero-order valence-corrected chi connectivity index (χ0v) is 19.5. The third kappa shape index (κ3) is 5.73. The molecule has 1 fully saturated rings. The van der Waals surface area contributed by atoms with Crippen LogP contribution in [0.1, 0.15) is 34.0 Å². The molecule has 1 aliphatic heterocycles. The first-order valence-corrected chi connectivity index (χ1v) is 11.7. The molecule has 0 spiro atoms. The number of pyridine rings is 1. The number of ether oxygens (including phenoxy) is 2. The molecule has 178 valence electrons. The van der Waals surface area contributed by atoms with Gasteiger partial charge in [-0.05, 0) is 59.9 Å². The summed E-state index contributed by atoms with van der Waals surface area (Å²) in [6.45, 7) is 4.25. The van der Waals surface area contributed by atoms with Crippen molar-refractivity contribution in [1.82, 2.24) is 20.2 Å². The second-order valence-electron chi connectivity index (χ2n) is 8.67. The van der Waals surface area contributed by atoms with E-state index < -0.39 is 5.91 Å². The Labute approximate surface area is 203 Å². The van der Waals surface area contributed by atoms with Gasteiger partial charge in [-0.15, -0.1) is 5.10 Å². The van der Waals surface area contributed by atoms with E-state index in [1.807, 2.05) is 67.6 Å². The number of aryl methyl sites for hydroxylation is 1. The fourth-order valence-electron chi connectivity index (χ4n) is 4.03. The fraction of sp³-hybridized carbons (Fsp3) is 0.259. The maximum atomic E-state index is 12.7. The summed E-state index contributed by atoms with van der Waals surface area (Å²) >= 11 is 0. The molecule has 1 atom stereocenters. The molecule has 2 aromatic carbocycles. The lowest BCUT2D eigenvalue weighted by Crippen LogP contribution is -2.14. The SMILES string of the molecule is Cc1ccc(OCC2CCOC2)cc1-c1ccnc(NC(=O)c2n[nH]c(Cc3ccccc3)n2)c1. The van der Waals surface area contributed by atoms with Crippen molar-refractivity contribution in [2.75, 3.05) is 25.1 Å². The van der Waals surface area contributed by atoms with E-state index in [4.69, 9.17) is 9.47 Å². The van der Waals surface area contributed by atoms with Gasteiger partial charge in [0.05, 0.1) is 13.2 Å². The fourth-order valence-corrected chi connectivity index (χ4v) is 4.03. The normalized spacial score (nSPS) is 15.2. The number of aromatic amines is 1. The Hall–Kier alpha value is -4.04. The zero-order valence-electron chi connectivity index (χ0n) is 19.5. The van der Waals surface area contributed by atoms with Gasteiger partial charge < -0.3 is 14.8 Å². The molecule has 4 aromatic rings. The number of amides is 1. The number of carbonyl (C=O) groups excluding carboxylic acids is 1. The topological polar surface area (TPSA) is 102 Å².